The summed E-state index contributed by atoms with van der Waals surface area (Å²) < 4.78 is 7.38. The quantitative estimate of drug-likeness (QED) is 0.691. The number of benzene rings is 1. The number of nitrogens with zero attached hydrogens (tertiary/aromatic N) is 4. The third-order valence-electron chi connectivity index (χ3n) is 5.24. The molecule has 0 aliphatic carbocycles. The van der Waals surface area contributed by atoms with E-state index in [9.17, 15) is 0 Å². The van der Waals surface area contributed by atoms with E-state index >= 15 is 0 Å². The molecule has 0 N–H and O–H groups in total. The number of hydrogen-bond donors (Lipinski definition) is 0. The number of hydrogen-bond acceptors (Lipinski definition) is 4. The van der Waals surface area contributed by atoms with E-state index in [1.807, 2.05) is 36.1 Å². The van der Waals surface area contributed by atoms with Gasteiger partial charge in [-0.15, -0.1) is 0 Å². The molecule has 1 aromatic carbocycles. The summed E-state index contributed by atoms with van der Waals surface area (Å²) in [4.78, 5) is 7.51. The average molecular weight is 362 g/mol. The molecule has 0 spiro atoms. The van der Waals surface area contributed by atoms with Gasteiger partial charge in [-0.05, 0) is 43.7 Å². The van der Waals surface area contributed by atoms with Gasteiger partial charge in [-0.3, -0.25) is 14.6 Å². The fraction of sp³-hybridized carbons (Fsp3) is 0.364. The molecule has 3 aromatic rings. The summed E-state index contributed by atoms with van der Waals surface area (Å²) in [5.41, 5.74) is 4.47. The maximum atomic E-state index is 5.51. The summed E-state index contributed by atoms with van der Waals surface area (Å²) in [5.74, 6) is 1.33. The summed E-state index contributed by atoms with van der Waals surface area (Å²) in [5, 5.41) is 4.29. The van der Waals surface area contributed by atoms with E-state index in [1.165, 1.54) is 24.1 Å². The second-order valence-electron chi connectivity index (χ2n) is 7.24. The van der Waals surface area contributed by atoms with Crippen molar-refractivity contribution in [3.63, 3.8) is 0 Å². The lowest BCUT2D eigenvalue weighted by Crippen LogP contribution is -2.34. The first-order valence-corrected chi connectivity index (χ1v) is 9.53. The predicted octanol–water partition coefficient (Wildman–Crippen LogP) is 3.87. The molecule has 1 fully saturated rings. The van der Waals surface area contributed by atoms with Crippen molar-refractivity contribution in [1.82, 2.24) is 19.7 Å². The Kier molecular flexibility index (Phi) is 5.21. The van der Waals surface area contributed by atoms with Crippen molar-refractivity contribution in [3.8, 4) is 17.0 Å². The van der Waals surface area contributed by atoms with Crippen molar-refractivity contribution in [2.45, 2.75) is 25.3 Å². The number of methoxy groups -OCH3 is 1. The molecule has 1 atom stereocenters. The lowest BCUT2D eigenvalue weighted by molar-refractivity contribution is 0.198. The predicted molar refractivity (Wildman–Crippen MR) is 107 cm³/mol. The molecule has 1 saturated heterocycles. The first-order chi connectivity index (χ1) is 13.2. The highest BCUT2D eigenvalue weighted by molar-refractivity contribution is 5.67. The molecular formula is C22H26N4O. The molecule has 140 valence electrons. The molecule has 3 heterocycles. The van der Waals surface area contributed by atoms with Crippen LogP contribution < -0.4 is 4.74 Å². The molecule has 1 aliphatic rings. The lowest BCUT2D eigenvalue weighted by Gasteiger charge is -2.32. The van der Waals surface area contributed by atoms with Gasteiger partial charge in [-0.25, -0.2) is 0 Å². The van der Waals surface area contributed by atoms with Gasteiger partial charge in [0.25, 0.3) is 0 Å². The van der Waals surface area contributed by atoms with Crippen LogP contribution in [-0.2, 0) is 13.6 Å². The SMILES string of the molecule is COc1ccccc1-c1cccc(C2CCCN(Cc3cnn(C)c3)C2)n1. The third-order valence-corrected chi connectivity index (χ3v) is 5.24. The molecule has 27 heavy (non-hydrogen) atoms. The van der Waals surface area contributed by atoms with Gasteiger partial charge in [0.2, 0.25) is 0 Å². The summed E-state index contributed by atoms with van der Waals surface area (Å²) >= 11 is 0. The zero-order chi connectivity index (χ0) is 18.6. The van der Waals surface area contributed by atoms with Crippen LogP contribution >= 0.6 is 0 Å². The van der Waals surface area contributed by atoms with Gasteiger partial charge < -0.3 is 4.74 Å². The van der Waals surface area contributed by atoms with E-state index in [-0.39, 0.29) is 0 Å². The summed E-state index contributed by atoms with van der Waals surface area (Å²) in [6.45, 7) is 3.13. The Balaban J connectivity index is 1.53. The highest BCUT2D eigenvalue weighted by Crippen LogP contribution is 2.31. The van der Waals surface area contributed by atoms with Crippen LogP contribution in [0.15, 0.2) is 54.9 Å². The fourth-order valence-corrected chi connectivity index (χ4v) is 3.94. The minimum atomic E-state index is 0.463. The van der Waals surface area contributed by atoms with E-state index in [1.54, 1.807) is 7.11 Å². The molecule has 5 heteroatoms. The van der Waals surface area contributed by atoms with Crippen LogP contribution in [0.1, 0.15) is 30.0 Å². The molecule has 5 nitrogen and oxygen atoms in total. The van der Waals surface area contributed by atoms with Crippen LogP contribution in [-0.4, -0.2) is 39.9 Å². The van der Waals surface area contributed by atoms with Crippen LogP contribution in [0.25, 0.3) is 11.3 Å². The lowest BCUT2D eigenvalue weighted by atomic mass is 9.93. The van der Waals surface area contributed by atoms with Crippen LogP contribution in [0.2, 0.25) is 0 Å². The van der Waals surface area contributed by atoms with Gasteiger partial charge in [0, 0.05) is 49.1 Å². The Morgan fingerprint density at radius 2 is 2.04 bits per heavy atom. The summed E-state index contributed by atoms with van der Waals surface area (Å²) in [7, 11) is 3.68. The average Bonchev–Trinajstić information content (AvgIpc) is 3.13. The number of para-hydroxylation sites is 1. The van der Waals surface area contributed by atoms with Crippen molar-refractivity contribution in [1.29, 1.82) is 0 Å². The standard InChI is InChI=1S/C22H26N4O/c1-25-14-17(13-23-25)15-26-12-6-7-18(16-26)20-9-5-10-21(24-20)19-8-3-4-11-22(19)27-2/h3-5,8-11,13-14,18H,6-7,12,15-16H2,1-2H3. The van der Waals surface area contributed by atoms with Crippen molar-refractivity contribution in [2.24, 2.45) is 7.05 Å². The summed E-state index contributed by atoms with van der Waals surface area (Å²) in [6, 6.07) is 14.4. The van der Waals surface area contributed by atoms with Gasteiger partial charge in [0.05, 0.1) is 19.0 Å². The largest absolute Gasteiger partial charge is 0.496 e. The van der Waals surface area contributed by atoms with Crippen molar-refractivity contribution in [3.05, 3.63) is 66.1 Å². The molecule has 1 aliphatic heterocycles. The minimum Gasteiger partial charge on any atom is -0.496 e. The van der Waals surface area contributed by atoms with E-state index in [2.05, 4.69) is 40.5 Å². The highest BCUT2D eigenvalue weighted by Gasteiger charge is 2.23. The number of aryl methyl sites for hydroxylation is 1. The molecule has 0 saturated carbocycles. The molecule has 0 amide bonds. The fourth-order valence-electron chi connectivity index (χ4n) is 3.94. The maximum absolute atomic E-state index is 5.51. The maximum Gasteiger partial charge on any atom is 0.128 e. The third kappa shape index (κ3) is 4.03. The topological polar surface area (TPSA) is 43.2 Å². The second kappa shape index (κ2) is 7.92. The van der Waals surface area contributed by atoms with Gasteiger partial charge >= 0.3 is 0 Å². The first kappa shape index (κ1) is 17.7. The molecular weight excluding hydrogens is 336 g/mol. The highest BCUT2D eigenvalue weighted by atomic mass is 16.5. The van der Waals surface area contributed by atoms with Crippen LogP contribution in [0, 0.1) is 0 Å². The molecule has 0 radical (unpaired) electrons. The monoisotopic (exact) mass is 362 g/mol. The van der Waals surface area contributed by atoms with E-state index in [0.717, 1.165) is 36.6 Å². The van der Waals surface area contributed by atoms with Crippen LogP contribution in [0.5, 0.6) is 5.75 Å². The van der Waals surface area contributed by atoms with Crippen LogP contribution in [0.3, 0.4) is 0 Å². The van der Waals surface area contributed by atoms with Crippen molar-refractivity contribution < 1.29 is 4.74 Å². The Morgan fingerprint density at radius 1 is 1.15 bits per heavy atom. The zero-order valence-corrected chi connectivity index (χ0v) is 16.0. The van der Waals surface area contributed by atoms with Crippen LogP contribution in [0.4, 0.5) is 0 Å². The molecule has 1 unspecified atom stereocenters. The van der Waals surface area contributed by atoms with Crippen molar-refractivity contribution in [2.75, 3.05) is 20.2 Å². The Hall–Kier alpha value is -2.66. The number of ether oxygens (including phenoxy) is 1. The first-order valence-electron chi connectivity index (χ1n) is 9.53. The number of pyridine rings is 1. The van der Waals surface area contributed by atoms with E-state index in [0.29, 0.717) is 5.92 Å². The van der Waals surface area contributed by atoms with E-state index in [4.69, 9.17) is 9.72 Å². The Labute approximate surface area is 160 Å². The van der Waals surface area contributed by atoms with Gasteiger partial charge in [-0.2, -0.15) is 5.10 Å². The second-order valence-corrected chi connectivity index (χ2v) is 7.24. The number of rotatable bonds is 5. The Morgan fingerprint density at radius 3 is 2.85 bits per heavy atom. The molecule has 2 aromatic heterocycles. The molecule has 0 bridgehead atoms. The van der Waals surface area contributed by atoms with Gasteiger partial charge in [0.15, 0.2) is 0 Å². The van der Waals surface area contributed by atoms with Gasteiger partial charge in [-0.1, -0.05) is 18.2 Å². The van der Waals surface area contributed by atoms with E-state index < -0.39 is 0 Å². The number of likely N-dealkylation sites (tertiary alicyclic amines) is 1. The number of piperidine rings is 1. The van der Waals surface area contributed by atoms with Gasteiger partial charge in [0.1, 0.15) is 5.75 Å². The summed E-state index contributed by atoms with van der Waals surface area (Å²) in [6.07, 6.45) is 6.45. The smallest absolute Gasteiger partial charge is 0.128 e. The zero-order valence-electron chi connectivity index (χ0n) is 16.0. The number of aromatic nitrogens is 3. The minimum absolute atomic E-state index is 0.463. The molecule has 4 rings (SSSR count). The normalized spacial score (nSPS) is 17.8. The Bertz CT molecular complexity index is 905. The van der Waals surface area contributed by atoms with Crippen molar-refractivity contribution >= 4 is 0 Å².